The lowest BCUT2D eigenvalue weighted by Crippen LogP contribution is -2.24. The number of nitrogens with zero attached hydrogens (tertiary/aromatic N) is 2. The Morgan fingerprint density at radius 2 is 1.94 bits per heavy atom. The van der Waals surface area contributed by atoms with E-state index in [9.17, 15) is 14.9 Å². The van der Waals surface area contributed by atoms with Crippen molar-refractivity contribution in [1.82, 2.24) is 5.32 Å². The molecule has 0 saturated carbocycles. The first-order valence-corrected chi connectivity index (χ1v) is 12.7. The van der Waals surface area contributed by atoms with E-state index < -0.39 is 4.92 Å². The number of amides is 1. The molecular weight excluding hydrogens is 474 g/mol. The fraction of sp³-hybridized carbons (Fsp3) is 0.214. The van der Waals surface area contributed by atoms with Gasteiger partial charge in [0.25, 0.3) is 11.6 Å². The van der Waals surface area contributed by atoms with Crippen LogP contribution in [0.4, 0.5) is 10.7 Å². The Labute approximate surface area is 212 Å². The summed E-state index contributed by atoms with van der Waals surface area (Å²) in [6, 6.07) is 18.1. The van der Waals surface area contributed by atoms with Crippen molar-refractivity contribution < 1.29 is 14.1 Å². The molecule has 2 aromatic carbocycles. The predicted octanol–water partition coefficient (Wildman–Crippen LogP) is 6.78. The minimum Gasteiger partial charge on any atom is -0.455 e. The van der Waals surface area contributed by atoms with E-state index in [1.807, 2.05) is 37.3 Å². The fourth-order valence-electron chi connectivity index (χ4n) is 4.42. The second-order valence-electron chi connectivity index (χ2n) is 8.78. The third-order valence-electron chi connectivity index (χ3n) is 6.31. The van der Waals surface area contributed by atoms with Crippen LogP contribution in [0.15, 0.2) is 70.1 Å². The molecule has 0 atom stereocenters. The van der Waals surface area contributed by atoms with Gasteiger partial charge in [0.1, 0.15) is 16.5 Å². The van der Waals surface area contributed by atoms with E-state index in [0.717, 1.165) is 42.4 Å². The summed E-state index contributed by atoms with van der Waals surface area (Å²) in [7, 11) is 0. The Bertz CT molecular complexity index is 1450. The molecule has 5 rings (SSSR count). The predicted molar refractivity (Wildman–Crippen MR) is 141 cm³/mol. The maximum Gasteiger partial charge on any atom is 0.270 e. The molecule has 0 bridgehead atoms. The fourth-order valence-corrected chi connectivity index (χ4v) is 5.65. The van der Waals surface area contributed by atoms with Crippen LogP contribution in [0.25, 0.3) is 11.3 Å². The van der Waals surface area contributed by atoms with Gasteiger partial charge in [-0.15, -0.1) is 11.3 Å². The molecule has 1 amide bonds. The molecule has 0 saturated heterocycles. The summed E-state index contributed by atoms with van der Waals surface area (Å²) in [5, 5.41) is 14.9. The summed E-state index contributed by atoms with van der Waals surface area (Å²) in [6.07, 6.45) is 5.64. The molecule has 0 spiro atoms. The Hall–Kier alpha value is -4.04. The quantitative estimate of drug-likeness (QED) is 0.172. The number of benzene rings is 2. The molecule has 1 aliphatic rings. The van der Waals surface area contributed by atoms with Gasteiger partial charge in [0, 0.05) is 29.1 Å². The molecule has 0 unspecified atom stereocenters. The molecule has 8 heteroatoms. The highest BCUT2D eigenvalue weighted by Gasteiger charge is 2.25. The first-order valence-electron chi connectivity index (χ1n) is 11.9. The number of non-ortho nitro benzene ring substituents is 1. The zero-order valence-corrected chi connectivity index (χ0v) is 20.6. The van der Waals surface area contributed by atoms with Crippen LogP contribution < -0.4 is 5.32 Å². The van der Waals surface area contributed by atoms with Crippen LogP contribution in [0.2, 0.25) is 0 Å². The maximum atomic E-state index is 13.2. The number of hydrogen-bond donors (Lipinski definition) is 1. The molecule has 0 radical (unpaired) electrons. The molecule has 7 nitrogen and oxygen atoms in total. The Kier molecular flexibility index (Phi) is 6.77. The van der Waals surface area contributed by atoms with E-state index in [0.29, 0.717) is 34.2 Å². The van der Waals surface area contributed by atoms with Crippen LogP contribution >= 0.6 is 11.3 Å². The zero-order chi connectivity index (χ0) is 25.1. The SMILES string of the molecule is Cc1ccc([N+](=O)[O-])cc1-c1ccc(C=Nc2sc3c(c2C(=O)NCc2ccccc2)CCCC3)o1. The van der Waals surface area contributed by atoms with Crippen molar-refractivity contribution >= 4 is 34.1 Å². The summed E-state index contributed by atoms with van der Waals surface area (Å²) < 4.78 is 5.95. The highest BCUT2D eigenvalue weighted by atomic mass is 32.1. The number of carbonyl (C=O) groups is 1. The Morgan fingerprint density at radius 3 is 2.75 bits per heavy atom. The minimum atomic E-state index is -0.419. The van der Waals surface area contributed by atoms with Crippen LogP contribution in [0.1, 0.15) is 50.5 Å². The number of rotatable bonds is 7. The van der Waals surface area contributed by atoms with E-state index in [4.69, 9.17) is 4.42 Å². The number of fused-ring (bicyclic) bond motifs is 1. The average Bonchev–Trinajstić information content (AvgIpc) is 3.51. The minimum absolute atomic E-state index is 0.0116. The van der Waals surface area contributed by atoms with Crippen molar-refractivity contribution in [1.29, 1.82) is 0 Å². The van der Waals surface area contributed by atoms with E-state index in [1.165, 1.54) is 17.0 Å². The Balaban J connectivity index is 1.40. The van der Waals surface area contributed by atoms with Gasteiger partial charge in [-0.25, -0.2) is 4.99 Å². The van der Waals surface area contributed by atoms with Crippen molar-refractivity contribution in [2.45, 2.75) is 39.2 Å². The van der Waals surface area contributed by atoms with Gasteiger partial charge in [-0.05, 0) is 61.4 Å². The zero-order valence-electron chi connectivity index (χ0n) is 19.8. The third kappa shape index (κ3) is 4.99. The number of aryl methyl sites for hydroxylation is 2. The van der Waals surface area contributed by atoms with E-state index in [1.54, 1.807) is 35.8 Å². The van der Waals surface area contributed by atoms with Crippen molar-refractivity contribution in [2.24, 2.45) is 4.99 Å². The second kappa shape index (κ2) is 10.3. The molecule has 0 fully saturated rings. The number of nitro groups is 1. The highest BCUT2D eigenvalue weighted by Crippen LogP contribution is 2.40. The van der Waals surface area contributed by atoms with E-state index in [-0.39, 0.29) is 11.6 Å². The Morgan fingerprint density at radius 1 is 1.14 bits per heavy atom. The van der Waals surface area contributed by atoms with Crippen molar-refractivity contribution in [3.05, 3.63) is 104 Å². The molecule has 1 aliphatic carbocycles. The van der Waals surface area contributed by atoms with Gasteiger partial charge in [-0.3, -0.25) is 14.9 Å². The van der Waals surface area contributed by atoms with Gasteiger partial charge in [-0.1, -0.05) is 36.4 Å². The van der Waals surface area contributed by atoms with Crippen LogP contribution in [0, 0.1) is 17.0 Å². The lowest BCUT2D eigenvalue weighted by atomic mass is 9.95. The first kappa shape index (κ1) is 23.7. The number of aliphatic imine (C=N–C) groups is 1. The number of furan rings is 1. The topological polar surface area (TPSA) is 97.7 Å². The molecule has 2 heterocycles. The summed E-state index contributed by atoms with van der Waals surface area (Å²) >= 11 is 1.57. The molecule has 0 aliphatic heterocycles. The molecule has 1 N–H and O–H groups in total. The van der Waals surface area contributed by atoms with E-state index in [2.05, 4.69) is 10.3 Å². The normalized spacial score (nSPS) is 13.0. The van der Waals surface area contributed by atoms with Gasteiger partial charge < -0.3 is 9.73 Å². The lowest BCUT2D eigenvalue weighted by Gasteiger charge is -2.12. The number of carbonyl (C=O) groups excluding carboxylic acids is 1. The monoisotopic (exact) mass is 499 g/mol. The summed E-state index contributed by atoms with van der Waals surface area (Å²) in [4.78, 5) is 29.9. The van der Waals surface area contributed by atoms with Gasteiger partial charge in [-0.2, -0.15) is 0 Å². The summed E-state index contributed by atoms with van der Waals surface area (Å²) in [5.74, 6) is 0.930. The number of hydrogen-bond acceptors (Lipinski definition) is 6. The van der Waals surface area contributed by atoms with Gasteiger partial charge in [0.05, 0.1) is 16.7 Å². The molecule has 4 aromatic rings. The average molecular weight is 500 g/mol. The van der Waals surface area contributed by atoms with E-state index >= 15 is 0 Å². The number of nitrogens with one attached hydrogen (secondary N) is 1. The third-order valence-corrected chi connectivity index (χ3v) is 7.51. The standard InChI is InChI=1S/C28H25N3O4S/c1-18-11-12-20(31(33)34)15-23(18)24-14-13-21(35-24)17-30-28-26(22-9-5-6-10-25(22)36-28)27(32)29-16-19-7-3-2-4-8-19/h2-4,7-8,11-15,17H,5-6,9-10,16H2,1H3,(H,29,32). The maximum absolute atomic E-state index is 13.2. The van der Waals surface area contributed by atoms with Gasteiger partial charge in [0.2, 0.25) is 0 Å². The largest absolute Gasteiger partial charge is 0.455 e. The van der Waals surface area contributed by atoms with Crippen LogP contribution in [0.5, 0.6) is 0 Å². The summed E-state index contributed by atoms with van der Waals surface area (Å²) in [6.45, 7) is 2.34. The van der Waals surface area contributed by atoms with Gasteiger partial charge in [0.15, 0.2) is 0 Å². The molecule has 36 heavy (non-hydrogen) atoms. The van der Waals surface area contributed by atoms with Crippen molar-refractivity contribution in [3.8, 4) is 11.3 Å². The van der Waals surface area contributed by atoms with Crippen LogP contribution in [0.3, 0.4) is 0 Å². The van der Waals surface area contributed by atoms with Crippen molar-refractivity contribution in [3.63, 3.8) is 0 Å². The lowest BCUT2D eigenvalue weighted by molar-refractivity contribution is -0.384. The van der Waals surface area contributed by atoms with Crippen LogP contribution in [-0.4, -0.2) is 17.0 Å². The highest BCUT2D eigenvalue weighted by molar-refractivity contribution is 7.16. The number of nitro benzene ring substituents is 1. The molecular formula is C28H25N3O4S. The molecule has 182 valence electrons. The number of thiophene rings is 1. The smallest absolute Gasteiger partial charge is 0.270 e. The van der Waals surface area contributed by atoms with Crippen LogP contribution in [-0.2, 0) is 19.4 Å². The molecule has 2 aromatic heterocycles. The second-order valence-corrected chi connectivity index (χ2v) is 9.86. The summed E-state index contributed by atoms with van der Waals surface area (Å²) in [5.41, 5.74) is 4.36. The van der Waals surface area contributed by atoms with Gasteiger partial charge >= 0.3 is 0 Å². The van der Waals surface area contributed by atoms with Crippen molar-refractivity contribution in [2.75, 3.05) is 0 Å². The first-order chi connectivity index (χ1) is 17.5.